The molecule has 5 heteroatoms. The fourth-order valence-electron chi connectivity index (χ4n) is 3.64. The lowest BCUT2D eigenvalue weighted by Crippen LogP contribution is -2.72. The molecule has 4 nitrogen and oxygen atoms in total. The Morgan fingerprint density at radius 2 is 1.35 bits per heavy atom. The fourth-order valence-corrected chi connectivity index (χ4v) is 3.64. The molecular formula is C18H20FN3O. The second kappa shape index (κ2) is 5.42. The molecule has 2 saturated heterocycles. The Kier molecular flexibility index (Phi) is 3.38. The third-order valence-corrected chi connectivity index (χ3v) is 4.93. The van der Waals surface area contributed by atoms with Gasteiger partial charge in [-0.05, 0) is 42.0 Å². The molecule has 0 saturated carbocycles. The van der Waals surface area contributed by atoms with Gasteiger partial charge in [0.2, 0.25) is 0 Å². The Morgan fingerprint density at radius 3 is 1.78 bits per heavy atom. The van der Waals surface area contributed by atoms with Crippen LogP contribution in [0.4, 0.5) is 15.9 Å². The van der Waals surface area contributed by atoms with E-state index in [-0.39, 0.29) is 5.75 Å². The van der Waals surface area contributed by atoms with Crippen LogP contribution >= 0.6 is 0 Å². The third-order valence-electron chi connectivity index (χ3n) is 4.93. The molecule has 4 rings (SSSR count). The Hall–Kier alpha value is -2.27. The zero-order valence-corrected chi connectivity index (χ0v) is 12.9. The molecule has 2 aromatic rings. The maximum absolute atomic E-state index is 12.1. The van der Waals surface area contributed by atoms with Crippen LogP contribution in [0.15, 0.2) is 48.5 Å². The van der Waals surface area contributed by atoms with Crippen LogP contribution in [0.5, 0.6) is 5.75 Å². The van der Waals surface area contributed by atoms with Crippen LogP contribution in [0.3, 0.4) is 0 Å². The minimum absolute atomic E-state index is 0.250. The molecule has 2 aromatic carbocycles. The molecule has 0 unspecified atom stereocenters. The zero-order chi connectivity index (χ0) is 15.9. The molecule has 2 fully saturated rings. The molecule has 120 valence electrons. The van der Waals surface area contributed by atoms with Crippen molar-refractivity contribution in [1.82, 2.24) is 0 Å². The van der Waals surface area contributed by atoms with Crippen molar-refractivity contribution in [2.24, 2.45) is 11.1 Å². The molecule has 2 aliphatic heterocycles. The van der Waals surface area contributed by atoms with Gasteiger partial charge in [0.25, 0.3) is 0 Å². The van der Waals surface area contributed by atoms with Gasteiger partial charge in [-0.25, -0.2) is 0 Å². The Balaban J connectivity index is 1.33. The molecule has 0 atom stereocenters. The van der Waals surface area contributed by atoms with Crippen LogP contribution in [0, 0.1) is 5.41 Å². The predicted molar refractivity (Wildman–Crippen MR) is 89.4 cm³/mol. The summed E-state index contributed by atoms with van der Waals surface area (Å²) in [4.78, 5) is 8.46. The maximum Gasteiger partial charge on any atom is 0.172 e. The van der Waals surface area contributed by atoms with Gasteiger partial charge in [-0.2, -0.15) is 0 Å². The van der Waals surface area contributed by atoms with Gasteiger partial charge in [0.15, 0.2) is 5.75 Å². The SMILES string of the molecule is NCc1ccc(N2CC3(C2)CN(c2ccc(OF)cc2)C3)cc1. The zero-order valence-electron chi connectivity index (χ0n) is 12.9. The first kappa shape index (κ1) is 14.3. The average Bonchev–Trinajstić information content (AvgIpc) is 2.53. The average molecular weight is 313 g/mol. The van der Waals surface area contributed by atoms with Gasteiger partial charge in [0.1, 0.15) is 0 Å². The smallest absolute Gasteiger partial charge is 0.172 e. The number of nitrogens with zero attached hydrogens (tertiary/aromatic N) is 2. The van der Waals surface area contributed by atoms with E-state index in [1.54, 1.807) is 12.1 Å². The van der Waals surface area contributed by atoms with Crippen LogP contribution in [0.25, 0.3) is 0 Å². The minimum Gasteiger partial charge on any atom is -0.370 e. The summed E-state index contributed by atoms with van der Waals surface area (Å²) >= 11 is 0. The summed E-state index contributed by atoms with van der Waals surface area (Å²) < 4.78 is 12.1. The second-order valence-corrected chi connectivity index (χ2v) is 6.65. The number of hydrogen-bond donors (Lipinski definition) is 1. The molecule has 2 heterocycles. The van der Waals surface area contributed by atoms with Crippen molar-refractivity contribution < 1.29 is 9.47 Å². The molecule has 1 spiro atoms. The van der Waals surface area contributed by atoms with Crippen LogP contribution in [-0.4, -0.2) is 26.2 Å². The number of rotatable bonds is 4. The van der Waals surface area contributed by atoms with Gasteiger partial charge in [-0.3, -0.25) is 4.94 Å². The quantitative estimate of drug-likeness (QED) is 0.942. The van der Waals surface area contributed by atoms with Crippen molar-refractivity contribution >= 4 is 11.4 Å². The van der Waals surface area contributed by atoms with Gasteiger partial charge in [0, 0.05) is 54.0 Å². The summed E-state index contributed by atoms with van der Waals surface area (Å²) in [5, 5.41) is 0. The molecule has 0 bridgehead atoms. The standard InChI is InChI=1S/C18H20FN3O/c19-23-17-7-5-16(6-8-17)22-12-18(13-22)10-21(11-18)15-3-1-14(9-20)2-4-15/h1-8H,9-13,20H2. The van der Waals surface area contributed by atoms with E-state index in [0.717, 1.165) is 31.9 Å². The highest BCUT2D eigenvalue weighted by Gasteiger charge is 2.51. The van der Waals surface area contributed by atoms with E-state index in [0.29, 0.717) is 12.0 Å². The van der Waals surface area contributed by atoms with E-state index in [2.05, 4.69) is 39.0 Å². The second-order valence-electron chi connectivity index (χ2n) is 6.65. The lowest BCUT2D eigenvalue weighted by atomic mass is 9.72. The van der Waals surface area contributed by atoms with Crippen molar-refractivity contribution in [3.8, 4) is 5.75 Å². The maximum atomic E-state index is 12.1. The summed E-state index contributed by atoms with van der Waals surface area (Å²) in [6.45, 7) is 4.89. The third kappa shape index (κ3) is 2.51. The number of benzene rings is 2. The summed E-state index contributed by atoms with van der Waals surface area (Å²) in [7, 11) is 0. The summed E-state index contributed by atoms with van der Waals surface area (Å²) in [6.07, 6.45) is 0. The van der Waals surface area contributed by atoms with Crippen molar-refractivity contribution in [3.63, 3.8) is 0 Å². The molecule has 2 aliphatic rings. The summed E-state index contributed by atoms with van der Waals surface area (Å²) in [6, 6.07) is 15.6. The summed E-state index contributed by atoms with van der Waals surface area (Å²) in [5.41, 5.74) is 9.61. The summed E-state index contributed by atoms with van der Waals surface area (Å²) in [5.74, 6) is 0.250. The molecule has 0 aromatic heterocycles. The normalized spacial score (nSPS) is 18.5. The highest BCUT2D eigenvalue weighted by molar-refractivity contribution is 5.57. The molecule has 2 N–H and O–H groups in total. The molecule has 0 aliphatic carbocycles. The van der Waals surface area contributed by atoms with E-state index >= 15 is 0 Å². The van der Waals surface area contributed by atoms with E-state index in [4.69, 9.17) is 5.73 Å². The Labute approximate surface area is 135 Å². The van der Waals surface area contributed by atoms with Crippen molar-refractivity contribution in [3.05, 3.63) is 54.1 Å². The minimum atomic E-state index is 0.250. The molecular weight excluding hydrogens is 293 g/mol. The van der Waals surface area contributed by atoms with Crippen LogP contribution in [-0.2, 0) is 6.54 Å². The van der Waals surface area contributed by atoms with Crippen LogP contribution in [0.2, 0.25) is 0 Å². The highest BCUT2D eigenvalue weighted by Crippen LogP contribution is 2.43. The van der Waals surface area contributed by atoms with Crippen molar-refractivity contribution in [1.29, 1.82) is 0 Å². The Morgan fingerprint density at radius 1 is 0.870 bits per heavy atom. The highest BCUT2D eigenvalue weighted by atomic mass is 19.3. The van der Waals surface area contributed by atoms with Crippen LogP contribution in [0.1, 0.15) is 5.56 Å². The van der Waals surface area contributed by atoms with Crippen LogP contribution < -0.4 is 20.5 Å². The lowest BCUT2D eigenvalue weighted by molar-refractivity contribution is -0.00620. The monoisotopic (exact) mass is 313 g/mol. The van der Waals surface area contributed by atoms with E-state index in [1.807, 2.05) is 12.1 Å². The van der Waals surface area contributed by atoms with Gasteiger partial charge in [-0.15, -0.1) is 0 Å². The van der Waals surface area contributed by atoms with Gasteiger partial charge < -0.3 is 15.5 Å². The fraction of sp³-hybridized carbons (Fsp3) is 0.333. The predicted octanol–water partition coefficient (Wildman–Crippen LogP) is 2.74. The van der Waals surface area contributed by atoms with Crippen molar-refractivity contribution in [2.45, 2.75) is 6.54 Å². The number of anilines is 2. The molecule has 0 radical (unpaired) electrons. The molecule has 23 heavy (non-hydrogen) atoms. The molecule has 0 amide bonds. The topological polar surface area (TPSA) is 41.7 Å². The van der Waals surface area contributed by atoms with Gasteiger partial charge >= 0.3 is 0 Å². The number of nitrogens with two attached hydrogens (primary N) is 1. The van der Waals surface area contributed by atoms with Gasteiger partial charge in [-0.1, -0.05) is 12.1 Å². The van der Waals surface area contributed by atoms with Gasteiger partial charge in [0.05, 0.1) is 0 Å². The lowest BCUT2D eigenvalue weighted by Gasteiger charge is -2.61. The van der Waals surface area contributed by atoms with E-state index < -0.39 is 0 Å². The van der Waals surface area contributed by atoms with E-state index in [9.17, 15) is 4.53 Å². The number of hydrogen-bond acceptors (Lipinski definition) is 4. The van der Waals surface area contributed by atoms with Crippen molar-refractivity contribution in [2.75, 3.05) is 36.0 Å². The first-order valence-corrected chi connectivity index (χ1v) is 7.89. The Bertz CT molecular complexity index is 609. The first-order chi connectivity index (χ1) is 11.2. The number of halogens is 1. The van der Waals surface area contributed by atoms with E-state index in [1.165, 1.54) is 11.3 Å². The largest absolute Gasteiger partial charge is 0.370 e. The first-order valence-electron chi connectivity index (χ1n) is 7.89.